The van der Waals surface area contributed by atoms with Crippen LogP contribution in [0.3, 0.4) is 0 Å². The number of hydrogen-bond acceptors (Lipinski definition) is 4. The van der Waals surface area contributed by atoms with Crippen molar-refractivity contribution in [2.75, 3.05) is 7.11 Å². The van der Waals surface area contributed by atoms with E-state index in [1.807, 2.05) is 17.5 Å². The average molecular weight is 436 g/mol. The zero-order valence-electron chi connectivity index (χ0n) is 15.9. The second-order valence-electron chi connectivity index (χ2n) is 6.19. The summed E-state index contributed by atoms with van der Waals surface area (Å²) in [7, 11) is 1.34. The quantitative estimate of drug-likeness (QED) is 0.517. The molecule has 3 rings (SSSR count). The lowest BCUT2D eigenvalue weighted by molar-refractivity contribution is -0.0512. The third-order valence-electron chi connectivity index (χ3n) is 4.20. The maximum atomic E-state index is 13.3. The van der Waals surface area contributed by atoms with E-state index in [-0.39, 0.29) is 23.9 Å². The first-order chi connectivity index (χ1) is 14.5. The molecule has 2 amide bonds. The Balaban J connectivity index is 1.67. The van der Waals surface area contributed by atoms with Crippen LogP contribution in [0.25, 0.3) is 0 Å². The summed E-state index contributed by atoms with van der Waals surface area (Å²) < 4.78 is 47.6. The normalized spacial score (nSPS) is 11.8. The monoisotopic (exact) mass is 436 g/mol. The number of thiophene rings is 1. The molecule has 9 heteroatoms. The van der Waals surface area contributed by atoms with E-state index in [1.54, 1.807) is 18.2 Å². The largest absolute Gasteiger partial charge is 0.493 e. The minimum atomic E-state index is -2.96. The highest BCUT2D eigenvalue weighted by Gasteiger charge is 2.18. The van der Waals surface area contributed by atoms with Gasteiger partial charge in [0.05, 0.1) is 13.2 Å². The lowest BCUT2D eigenvalue weighted by atomic mass is 10.1. The van der Waals surface area contributed by atoms with Crippen LogP contribution < -0.4 is 20.1 Å². The molecule has 1 unspecified atom stereocenters. The highest BCUT2D eigenvalue weighted by Crippen LogP contribution is 2.29. The Hall–Kier alpha value is -3.20. The van der Waals surface area contributed by atoms with Crippen LogP contribution in [-0.4, -0.2) is 19.8 Å². The van der Waals surface area contributed by atoms with Gasteiger partial charge in [0.25, 0.3) is 0 Å². The second kappa shape index (κ2) is 10.0. The molecule has 0 aliphatic rings. The van der Waals surface area contributed by atoms with E-state index in [2.05, 4.69) is 15.4 Å². The second-order valence-corrected chi connectivity index (χ2v) is 7.17. The molecule has 0 bridgehead atoms. The van der Waals surface area contributed by atoms with E-state index in [9.17, 15) is 18.0 Å². The third-order valence-corrected chi connectivity index (χ3v) is 5.14. The Labute approximate surface area is 175 Å². The molecule has 0 radical (unpaired) electrons. The smallest absolute Gasteiger partial charge is 0.387 e. The SMILES string of the molecule is COc1cc(CNC(=O)NC(c2ccc(F)cc2)c2cccs2)ccc1OC(F)F. The zero-order chi connectivity index (χ0) is 21.5. The number of halogens is 3. The predicted molar refractivity (Wildman–Crippen MR) is 108 cm³/mol. The van der Waals surface area contributed by atoms with E-state index in [1.165, 1.54) is 42.7 Å². The van der Waals surface area contributed by atoms with Gasteiger partial charge in [0.1, 0.15) is 5.82 Å². The van der Waals surface area contributed by atoms with Crippen molar-refractivity contribution in [1.82, 2.24) is 10.6 Å². The number of amides is 2. The third kappa shape index (κ3) is 5.66. The first kappa shape index (κ1) is 21.5. The van der Waals surface area contributed by atoms with Crippen molar-refractivity contribution in [2.45, 2.75) is 19.2 Å². The minimum Gasteiger partial charge on any atom is -0.493 e. The molecule has 0 saturated heterocycles. The molecule has 0 aliphatic heterocycles. The van der Waals surface area contributed by atoms with Crippen molar-refractivity contribution in [3.8, 4) is 11.5 Å². The highest BCUT2D eigenvalue weighted by molar-refractivity contribution is 7.10. The molecule has 5 nitrogen and oxygen atoms in total. The predicted octanol–water partition coefficient (Wildman–Crippen LogP) is 5.09. The van der Waals surface area contributed by atoms with Crippen LogP contribution in [0.2, 0.25) is 0 Å². The summed E-state index contributed by atoms with van der Waals surface area (Å²) in [5.41, 5.74) is 1.38. The fraction of sp³-hybridized carbons (Fsp3) is 0.190. The Bertz CT molecular complexity index is 966. The molecule has 1 aromatic heterocycles. The lowest BCUT2D eigenvalue weighted by Gasteiger charge is -2.19. The Morgan fingerprint density at radius 2 is 1.87 bits per heavy atom. The van der Waals surface area contributed by atoms with Gasteiger partial charge in [-0.15, -0.1) is 11.3 Å². The van der Waals surface area contributed by atoms with Crippen molar-refractivity contribution in [3.63, 3.8) is 0 Å². The van der Waals surface area contributed by atoms with E-state index >= 15 is 0 Å². The number of benzene rings is 2. The molecule has 0 fully saturated rings. The van der Waals surface area contributed by atoms with E-state index in [4.69, 9.17) is 4.74 Å². The maximum absolute atomic E-state index is 13.3. The molecule has 30 heavy (non-hydrogen) atoms. The number of hydrogen-bond donors (Lipinski definition) is 2. The molecule has 3 aromatic rings. The van der Waals surface area contributed by atoms with Crippen LogP contribution in [0.1, 0.15) is 22.0 Å². The number of nitrogens with one attached hydrogen (secondary N) is 2. The van der Waals surface area contributed by atoms with Gasteiger partial charge in [-0.3, -0.25) is 0 Å². The number of urea groups is 1. The maximum Gasteiger partial charge on any atom is 0.387 e. The van der Waals surface area contributed by atoms with Crippen LogP contribution >= 0.6 is 11.3 Å². The number of rotatable bonds is 8. The van der Waals surface area contributed by atoms with Crippen LogP contribution in [0, 0.1) is 5.82 Å². The number of carbonyl (C=O) groups is 1. The van der Waals surface area contributed by atoms with Gasteiger partial charge < -0.3 is 20.1 Å². The molecule has 1 atom stereocenters. The molecular weight excluding hydrogens is 417 g/mol. The number of alkyl halides is 2. The fourth-order valence-corrected chi connectivity index (χ4v) is 3.61. The molecule has 2 N–H and O–H groups in total. The molecule has 0 spiro atoms. The van der Waals surface area contributed by atoms with Crippen molar-refractivity contribution < 1.29 is 27.4 Å². The average Bonchev–Trinajstić information content (AvgIpc) is 3.26. The van der Waals surface area contributed by atoms with Crippen molar-refractivity contribution >= 4 is 17.4 Å². The van der Waals surface area contributed by atoms with Gasteiger partial charge in [-0.25, -0.2) is 9.18 Å². The van der Waals surface area contributed by atoms with Gasteiger partial charge in [0.15, 0.2) is 11.5 Å². The molecular formula is C21H19F3N2O3S. The summed E-state index contributed by atoms with van der Waals surface area (Å²) in [6.07, 6.45) is 0. The summed E-state index contributed by atoms with van der Waals surface area (Å²) in [6, 6.07) is 13.2. The van der Waals surface area contributed by atoms with Gasteiger partial charge in [-0.2, -0.15) is 8.78 Å². The van der Waals surface area contributed by atoms with E-state index < -0.39 is 18.7 Å². The Morgan fingerprint density at radius 1 is 1.10 bits per heavy atom. The Morgan fingerprint density at radius 3 is 2.50 bits per heavy atom. The molecule has 2 aromatic carbocycles. The topological polar surface area (TPSA) is 59.6 Å². The molecule has 1 heterocycles. The number of ether oxygens (including phenoxy) is 2. The summed E-state index contributed by atoms with van der Waals surface area (Å²) in [4.78, 5) is 13.4. The van der Waals surface area contributed by atoms with Gasteiger partial charge in [-0.05, 0) is 46.8 Å². The van der Waals surface area contributed by atoms with Crippen LogP contribution in [0.4, 0.5) is 18.0 Å². The zero-order valence-corrected chi connectivity index (χ0v) is 16.7. The Kier molecular flexibility index (Phi) is 7.18. The van der Waals surface area contributed by atoms with Gasteiger partial charge in [0, 0.05) is 11.4 Å². The number of methoxy groups -OCH3 is 1. The van der Waals surface area contributed by atoms with E-state index in [0.717, 1.165) is 10.4 Å². The molecule has 158 valence electrons. The standard InChI is InChI=1S/C21H19F3N2O3S/c1-28-17-11-13(4-9-16(17)29-20(23)24)12-25-21(27)26-19(18-3-2-10-30-18)14-5-7-15(22)8-6-14/h2-11,19-20H,12H2,1H3,(H2,25,26,27). The first-order valence-corrected chi connectivity index (χ1v) is 9.79. The minimum absolute atomic E-state index is 0.0882. The lowest BCUT2D eigenvalue weighted by Crippen LogP contribution is -2.37. The van der Waals surface area contributed by atoms with Crippen molar-refractivity contribution in [2.24, 2.45) is 0 Å². The molecule has 0 aliphatic carbocycles. The van der Waals surface area contributed by atoms with E-state index in [0.29, 0.717) is 5.56 Å². The van der Waals surface area contributed by atoms with Crippen LogP contribution in [0.15, 0.2) is 60.0 Å². The number of carbonyl (C=O) groups excluding carboxylic acids is 1. The van der Waals surface area contributed by atoms with Gasteiger partial charge in [0.2, 0.25) is 0 Å². The van der Waals surface area contributed by atoms with Crippen LogP contribution in [-0.2, 0) is 6.54 Å². The first-order valence-electron chi connectivity index (χ1n) is 8.91. The highest BCUT2D eigenvalue weighted by atomic mass is 32.1. The molecule has 0 saturated carbocycles. The van der Waals surface area contributed by atoms with Gasteiger partial charge in [-0.1, -0.05) is 24.3 Å². The summed E-state index contributed by atoms with van der Waals surface area (Å²) in [5.74, 6) is -0.311. The fourth-order valence-electron chi connectivity index (χ4n) is 2.81. The van der Waals surface area contributed by atoms with Crippen molar-refractivity contribution in [3.05, 3.63) is 81.8 Å². The van der Waals surface area contributed by atoms with Crippen molar-refractivity contribution in [1.29, 1.82) is 0 Å². The van der Waals surface area contributed by atoms with Crippen LogP contribution in [0.5, 0.6) is 11.5 Å². The summed E-state index contributed by atoms with van der Waals surface area (Å²) in [6.45, 7) is -2.83. The summed E-state index contributed by atoms with van der Waals surface area (Å²) in [5, 5.41) is 7.48. The summed E-state index contributed by atoms with van der Waals surface area (Å²) >= 11 is 1.47. The van der Waals surface area contributed by atoms with Gasteiger partial charge >= 0.3 is 12.6 Å².